The summed E-state index contributed by atoms with van der Waals surface area (Å²) >= 11 is 0. The van der Waals surface area contributed by atoms with Crippen molar-refractivity contribution in [3.63, 3.8) is 0 Å². The van der Waals surface area contributed by atoms with Crippen molar-refractivity contribution < 1.29 is 18.3 Å². The van der Waals surface area contributed by atoms with E-state index < -0.39 is 6.43 Å². The molecule has 172 valence electrons. The van der Waals surface area contributed by atoms with Crippen LogP contribution in [0.5, 0.6) is 0 Å². The van der Waals surface area contributed by atoms with Crippen molar-refractivity contribution in [3.05, 3.63) is 76.6 Å². The number of cyclic esters (lactones) is 1. The predicted molar refractivity (Wildman–Crippen MR) is 116 cm³/mol. The van der Waals surface area contributed by atoms with Gasteiger partial charge >= 0.3 is 5.97 Å². The van der Waals surface area contributed by atoms with Gasteiger partial charge in [-0.2, -0.15) is 0 Å². The third kappa shape index (κ3) is 4.24. The highest BCUT2D eigenvalue weighted by Gasteiger charge is 2.30. The molecule has 0 saturated carbocycles. The van der Waals surface area contributed by atoms with Gasteiger partial charge in [0.1, 0.15) is 12.3 Å². The Morgan fingerprint density at radius 1 is 1.24 bits per heavy atom. The number of benzene rings is 1. The molecule has 0 radical (unpaired) electrons. The molecule has 4 heterocycles. The van der Waals surface area contributed by atoms with Crippen LogP contribution in [-0.2, 0) is 17.9 Å². The van der Waals surface area contributed by atoms with Gasteiger partial charge in [-0.05, 0) is 36.2 Å². The second kappa shape index (κ2) is 8.62. The zero-order chi connectivity index (χ0) is 23.1. The SMILES string of the molecule is Cc1c([C@@H]2CN(Cc3cn(-c4ccc(C(F)F)nc4)cn3)C[C@H](N)N2)ccc2c1COC2=O. The van der Waals surface area contributed by atoms with Gasteiger partial charge in [-0.3, -0.25) is 15.2 Å². The highest BCUT2D eigenvalue weighted by molar-refractivity contribution is 5.94. The second-order valence-corrected chi connectivity index (χ2v) is 8.42. The maximum Gasteiger partial charge on any atom is 0.338 e. The van der Waals surface area contributed by atoms with Gasteiger partial charge in [0, 0.05) is 37.4 Å². The molecule has 2 aromatic heterocycles. The fraction of sp³-hybridized carbons (Fsp3) is 0.348. The van der Waals surface area contributed by atoms with Gasteiger partial charge in [0.15, 0.2) is 0 Å². The lowest BCUT2D eigenvalue weighted by Crippen LogP contribution is -2.56. The highest BCUT2D eigenvalue weighted by atomic mass is 19.3. The number of piperazine rings is 1. The normalized spacial score (nSPS) is 20.8. The molecule has 5 rings (SSSR count). The number of alkyl halides is 2. The van der Waals surface area contributed by atoms with Gasteiger partial charge in [0.25, 0.3) is 6.43 Å². The minimum atomic E-state index is -2.59. The fourth-order valence-electron chi connectivity index (χ4n) is 4.53. The number of imidazole rings is 1. The quantitative estimate of drug-likeness (QED) is 0.572. The average Bonchev–Trinajstić information content (AvgIpc) is 3.41. The molecule has 1 fully saturated rings. The number of carbonyl (C=O) groups is 1. The number of hydrogen-bond acceptors (Lipinski definition) is 7. The van der Waals surface area contributed by atoms with Crippen molar-refractivity contribution in [2.45, 2.75) is 38.7 Å². The van der Waals surface area contributed by atoms with E-state index in [4.69, 9.17) is 10.5 Å². The number of halogens is 2. The Balaban J connectivity index is 1.31. The van der Waals surface area contributed by atoms with Crippen molar-refractivity contribution in [2.24, 2.45) is 5.73 Å². The number of rotatable bonds is 5. The Morgan fingerprint density at radius 3 is 2.85 bits per heavy atom. The van der Waals surface area contributed by atoms with E-state index in [9.17, 15) is 13.6 Å². The Morgan fingerprint density at radius 2 is 2.09 bits per heavy atom. The van der Waals surface area contributed by atoms with Crippen LogP contribution in [0.2, 0.25) is 0 Å². The number of hydrogen-bond donors (Lipinski definition) is 2. The maximum absolute atomic E-state index is 12.7. The van der Waals surface area contributed by atoms with E-state index in [-0.39, 0.29) is 23.9 Å². The summed E-state index contributed by atoms with van der Waals surface area (Å²) in [4.78, 5) is 22.4. The van der Waals surface area contributed by atoms with Crippen LogP contribution in [0.4, 0.5) is 8.78 Å². The number of fused-ring (bicyclic) bond motifs is 1. The van der Waals surface area contributed by atoms with E-state index in [0.29, 0.717) is 30.9 Å². The zero-order valence-corrected chi connectivity index (χ0v) is 18.0. The third-order valence-electron chi connectivity index (χ3n) is 6.21. The van der Waals surface area contributed by atoms with E-state index >= 15 is 0 Å². The number of esters is 1. The van der Waals surface area contributed by atoms with Gasteiger partial charge in [-0.25, -0.2) is 18.6 Å². The Labute approximate surface area is 189 Å². The molecule has 8 nitrogen and oxygen atoms in total. The summed E-state index contributed by atoms with van der Waals surface area (Å²) in [5.41, 5.74) is 11.3. The topological polar surface area (TPSA) is 98.3 Å². The summed E-state index contributed by atoms with van der Waals surface area (Å²) in [6.07, 6.45) is 2.11. The Bertz CT molecular complexity index is 1180. The third-order valence-corrected chi connectivity index (χ3v) is 6.21. The molecule has 3 aromatic rings. The van der Waals surface area contributed by atoms with Gasteiger partial charge in [0.2, 0.25) is 0 Å². The molecule has 0 aliphatic carbocycles. The average molecular weight is 454 g/mol. The first-order valence-corrected chi connectivity index (χ1v) is 10.7. The molecule has 10 heteroatoms. The van der Waals surface area contributed by atoms with Crippen LogP contribution in [0.25, 0.3) is 5.69 Å². The number of nitrogens with one attached hydrogen (secondary N) is 1. The van der Waals surface area contributed by atoms with Crippen LogP contribution in [0.3, 0.4) is 0 Å². The minimum absolute atomic E-state index is 0.00271. The second-order valence-electron chi connectivity index (χ2n) is 8.42. The summed E-state index contributed by atoms with van der Waals surface area (Å²) in [6.45, 7) is 4.28. The van der Waals surface area contributed by atoms with Gasteiger partial charge < -0.3 is 15.0 Å². The highest BCUT2D eigenvalue weighted by Crippen LogP contribution is 2.30. The van der Waals surface area contributed by atoms with E-state index in [1.54, 1.807) is 17.0 Å². The van der Waals surface area contributed by atoms with Gasteiger partial charge in [-0.15, -0.1) is 0 Å². The van der Waals surface area contributed by atoms with Crippen molar-refractivity contribution in [1.29, 1.82) is 0 Å². The molecule has 1 saturated heterocycles. The predicted octanol–water partition coefficient (Wildman–Crippen LogP) is 2.62. The number of pyridine rings is 1. The smallest absolute Gasteiger partial charge is 0.338 e. The number of aromatic nitrogens is 3. The van der Waals surface area contributed by atoms with Gasteiger partial charge in [0.05, 0.1) is 35.6 Å². The van der Waals surface area contributed by atoms with Crippen LogP contribution in [-0.4, -0.2) is 44.7 Å². The summed E-state index contributed by atoms with van der Waals surface area (Å²) in [7, 11) is 0. The molecular weight excluding hydrogens is 430 g/mol. The molecule has 0 unspecified atom stereocenters. The molecule has 0 spiro atoms. The number of carbonyl (C=O) groups excluding carboxylic acids is 1. The summed E-state index contributed by atoms with van der Waals surface area (Å²) in [5, 5.41) is 3.45. The minimum Gasteiger partial charge on any atom is -0.457 e. The van der Waals surface area contributed by atoms with E-state index in [1.165, 1.54) is 12.3 Å². The lowest BCUT2D eigenvalue weighted by molar-refractivity contribution is 0.0535. The number of ether oxygens (including phenoxy) is 1. The van der Waals surface area contributed by atoms with Crippen LogP contribution >= 0.6 is 0 Å². The van der Waals surface area contributed by atoms with Gasteiger partial charge in [-0.1, -0.05) is 6.07 Å². The Hall–Kier alpha value is -3.21. The van der Waals surface area contributed by atoms with Crippen LogP contribution in [0.15, 0.2) is 43.0 Å². The van der Waals surface area contributed by atoms with E-state index in [0.717, 1.165) is 28.9 Å². The summed E-state index contributed by atoms with van der Waals surface area (Å²) in [6, 6.07) is 6.72. The number of nitrogens with two attached hydrogens (primary N) is 1. The first-order chi connectivity index (χ1) is 15.9. The van der Waals surface area contributed by atoms with E-state index in [2.05, 4.69) is 20.2 Å². The molecule has 0 bridgehead atoms. The lowest BCUT2D eigenvalue weighted by Gasteiger charge is -2.38. The largest absolute Gasteiger partial charge is 0.457 e. The monoisotopic (exact) mass is 454 g/mol. The van der Waals surface area contributed by atoms with Crippen LogP contribution < -0.4 is 11.1 Å². The fourth-order valence-corrected chi connectivity index (χ4v) is 4.53. The molecule has 2 aliphatic heterocycles. The molecule has 2 aliphatic rings. The molecule has 3 N–H and O–H groups in total. The first-order valence-electron chi connectivity index (χ1n) is 10.7. The van der Waals surface area contributed by atoms with E-state index in [1.807, 2.05) is 25.3 Å². The number of nitrogens with zero attached hydrogens (tertiary/aromatic N) is 4. The molecule has 1 aromatic carbocycles. The molecule has 0 amide bonds. The maximum atomic E-state index is 12.7. The van der Waals surface area contributed by atoms with Crippen LogP contribution in [0, 0.1) is 6.92 Å². The Kier molecular flexibility index (Phi) is 5.65. The molecule has 33 heavy (non-hydrogen) atoms. The lowest BCUT2D eigenvalue weighted by atomic mass is 9.93. The zero-order valence-electron chi connectivity index (χ0n) is 18.0. The van der Waals surface area contributed by atoms with Crippen molar-refractivity contribution in [3.8, 4) is 5.69 Å². The van der Waals surface area contributed by atoms with Crippen molar-refractivity contribution in [2.75, 3.05) is 13.1 Å². The first kappa shape index (κ1) is 21.6. The molecular formula is C23H24F2N6O2. The molecule has 2 atom stereocenters. The van der Waals surface area contributed by atoms with Crippen LogP contribution in [0.1, 0.15) is 50.9 Å². The van der Waals surface area contributed by atoms with Crippen molar-refractivity contribution in [1.82, 2.24) is 24.8 Å². The standard InChI is InChI=1S/C23H24F2N6O2/c1-13-16(3-4-17-18(13)11-33-23(17)32)20-9-30(10-21(26)29-20)7-14-8-31(12-28-14)15-2-5-19(22(24)25)27-6-15/h2-6,8,12,20-22,29H,7,9-11,26H2,1H3/t20-,21+/m0/s1. The summed E-state index contributed by atoms with van der Waals surface area (Å²) in [5.74, 6) is -0.274. The van der Waals surface area contributed by atoms with Crippen molar-refractivity contribution >= 4 is 5.97 Å². The summed E-state index contributed by atoms with van der Waals surface area (Å²) < 4.78 is 32.4.